The molecule has 1 aliphatic rings. The van der Waals surface area contributed by atoms with Crippen molar-refractivity contribution >= 4 is 25.3 Å². The molecule has 65 valence electrons. The molecule has 4 heteroatoms. The van der Waals surface area contributed by atoms with Gasteiger partial charge >= 0.3 is 0 Å². The zero-order chi connectivity index (χ0) is 6.69. The molecular weight excluding hydrogens is 347 g/mol. The van der Waals surface area contributed by atoms with Crippen molar-refractivity contribution in [1.82, 2.24) is 4.90 Å². The zero-order valence-corrected chi connectivity index (χ0v) is 9.48. The summed E-state index contributed by atoms with van der Waals surface area (Å²) < 4.78 is -0.0645. The third kappa shape index (κ3) is 3.69. The Balaban J connectivity index is 0.000000810. The Morgan fingerprint density at radius 1 is 1.00 bits per heavy atom. The van der Waals surface area contributed by atoms with Gasteiger partial charge in [0.25, 0.3) is 0 Å². The summed E-state index contributed by atoms with van der Waals surface area (Å²) in [5.41, 5.74) is 0. The molecule has 1 radical (unpaired) electrons. The number of likely N-dealkylation sites (tertiary alicyclic amines) is 1. The van der Waals surface area contributed by atoms with E-state index < -0.39 is 0 Å². The standard InChI is InChI=1S/C6H13NS2.Au/c8-6(9)7-4-2-1-3-5-7;/h6,8-9H,1-5H2;/p-2. The summed E-state index contributed by atoms with van der Waals surface area (Å²) in [5.74, 6) is 0. The number of nitrogens with zero attached hydrogens (tertiary/aromatic N) is 1. The Morgan fingerprint density at radius 2 is 1.50 bits per heavy atom. The van der Waals surface area contributed by atoms with Gasteiger partial charge in [0, 0.05) is 22.4 Å². The van der Waals surface area contributed by atoms with E-state index in [0.29, 0.717) is 0 Å². The Morgan fingerprint density at radius 3 is 1.80 bits per heavy atom. The Kier molecular flexibility index (Phi) is 6.81. The van der Waals surface area contributed by atoms with Gasteiger partial charge in [-0.15, -0.1) is 0 Å². The molecule has 0 aliphatic carbocycles. The Labute approximate surface area is 89.3 Å². The monoisotopic (exact) mass is 358 g/mol. The van der Waals surface area contributed by atoms with Gasteiger partial charge < -0.3 is 30.2 Å². The molecule has 0 N–H and O–H groups in total. The minimum absolute atomic E-state index is 0. The quantitative estimate of drug-likeness (QED) is 0.506. The number of hydrogen-bond acceptors (Lipinski definition) is 3. The molecule has 1 aliphatic heterocycles. The summed E-state index contributed by atoms with van der Waals surface area (Å²) in [6, 6.07) is 0. The van der Waals surface area contributed by atoms with Crippen LogP contribution < -0.4 is 0 Å². The fraction of sp³-hybridized carbons (Fsp3) is 1.00. The van der Waals surface area contributed by atoms with Gasteiger partial charge in [0.05, 0.1) is 0 Å². The van der Waals surface area contributed by atoms with Crippen LogP contribution >= 0.6 is 0 Å². The van der Waals surface area contributed by atoms with Crippen molar-refractivity contribution in [2.24, 2.45) is 0 Å². The maximum absolute atomic E-state index is 4.94. The van der Waals surface area contributed by atoms with Crippen LogP contribution in [-0.4, -0.2) is 22.7 Å². The molecule has 1 rings (SSSR count). The van der Waals surface area contributed by atoms with Gasteiger partial charge in [0.2, 0.25) is 0 Å². The van der Waals surface area contributed by atoms with E-state index in [-0.39, 0.29) is 27.1 Å². The minimum atomic E-state index is -0.0645. The van der Waals surface area contributed by atoms with E-state index in [1.165, 1.54) is 19.3 Å². The summed E-state index contributed by atoms with van der Waals surface area (Å²) >= 11 is 9.88. The van der Waals surface area contributed by atoms with E-state index in [1.54, 1.807) is 0 Å². The molecule has 1 saturated heterocycles. The van der Waals surface area contributed by atoms with Crippen molar-refractivity contribution in [3.05, 3.63) is 0 Å². The van der Waals surface area contributed by atoms with Gasteiger partial charge in [-0.25, -0.2) is 4.71 Å². The van der Waals surface area contributed by atoms with Crippen molar-refractivity contribution in [3.63, 3.8) is 0 Å². The van der Waals surface area contributed by atoms with E-state index >= 15 is 0 Å². The molecule has 0 aromatic carbocycles. The topological polar surface area (TPSA) is 3.24 Å². The van der Waals surface area contributed by atoms with Gasteiger partial charge in [-0.05, 0) is 25.9 Å². The summed E-state index contributed by atoms with van der Waals surface area (Å²) in [5, 5.41) is 0. The molecule has 0 saturated carbocycles. The van der Waals surface area contributed by atoms with Crippen LogP contribution in [0.2, 0.25) is 0 Å². The van der Waals surface area contributed by atoms with E-state index in [2.05, 4.69) is 4.90 Å². The van der Waals surface area contributed by atoms with Crippen LogP contribution in [0.1, 0.15) is 19.3 Å². The second-order valence-corrected chi connectivity index (χ2v) is 3.60. The SMILES string of the molecule is [Au].[S-]C([S-])N1CCCCC1. The van der Waals surface area contributed by atoms with E-state index in [0.717, 1.165) is 13.1 Å². The van der Waals surface area contributed by atoms with Crippen LogP contribution in [0.4, 0.5) is 0 Å². The summed E-state index contributed by atoms with van der Waals surface area (Å²) in [7, 11) is 0. The summed E-state index contributed by atoms with van der Waals surface area (Å²) in [6.07, 6.45) is 3.92. The predicted octanol–water partition coefficient (Wildman–Crippen LogP) is 0.847. The average Bonchev–Trinajstić information content (AvgIpc) is 1.90. The zero-order valence-electron chi connectivity index (χ0n) is 5.68. The van der Waals surface area contributed by atoms with Crippen molar-refractivity contribution < 1.29 is 22.4 Å². The van der Waals surface area contributed by atoms with Crippen LogP contribution in [0.5, 0.6) is 0 Å². The van der Waals surface area contributed by atoms with Crippen molar-refractivity contribution in [1.29, 1.82) is 0 Å². The average molecular weight is 358 g/mol. The second kappa shape index (κ2) is 5.98. The van der Waals surface area contributed by atoms with E-state index in [1.807, 2.05) is 0 Å². The largest absolute Gasteiger partial charge is 0.800 e. The molecule has 0 atom stereocenters. The van der Waals surface area contributed by atoms with Crippen molar-refractivity contribution in [3.8, 4) is 0 Å². The fourth-order valence-electron chi connectivity index (χ4n) is 1.13. The van der Waals surface area contributed by atoms with Gasteiger partial charge in [0.1, 0.15) is 0 Å². The molecule has 0 amide bonds. The molecular formula is C6H11AuNS2-2. The van der Waals surface area contributed by atoms with Crippen LogP contribution in [0.15, 0.2) is 0 Å². The number of hydrogen-bond donors (Lipinski definition) is 0. The predicted molar refractivity (Wildman–Crippen MR) is 43.9 cm³/mol. The van der Waals surface area contributed by atoms with Crippen LogP contribution in [0, 0.1) is 0 Å². The van der Waals surface area contributed by atoms with Gasteiger partial charge in [0.15, 0.2) is 0 Å². The van der Waals surface area contributed by atoms with Crippen LogP contribution in [0.25, 0.3) is 0 Å². The van der Waals surface area contributed by atoms with Crippen LogP contribution in [-0.2, 0) is 47.6 Å². The summed E-state index contributed by atoms with van der Waals surface area (Å²) in [4.78, 5) is 2.19. The molecule has 1 fully saturated rings. The molecule has 0 bridgehead atoms. The first-order valence-electron chi connectivity index (χ1n) is 3.36. The second-order valence-electron chi connectivity index (χ2n) is 2.40. The van der Waals surface area contributed by atoms with Crippen molar-refractivity contribution in [2.75, 3.05) is 13.1 Å². The molecule has 1 heterocycles. The third-order valence-corrected chi connectivity index (χ3v) is 2.29. The van der Waals surface area contributed by atoms with Crippen molar-refractivity contribution in [2.45, 2.75) is 24.0 Å². The molecule has 0 spiro atoms. The first-order chi connectivity index (χ1) is 4.30. The van der Waals surface area contributed by atoms with E-state index in [9.17, 15) is 0 Å². The maximum atomic E-state index is 4.94. The molecule has 10 heavy (non-hydrogen) atoms. The molecule has 0 aromatic heterocycles. The van der Waals surface area contributed by atoms with Gasteiger partial charge in [-0.3, -0.25) is 0 Å². The number of rotatable bonds is 1. The van der Waals surface area contributed by atoms with E-state index in [4.69, 9.17) is 25.3 Å². The Bertz CT molecular complexity index is 83.8. The smallest absolute Gasteiger partial charge is 0 e. The molecule has 0 aromatic rings. The first kappa shape index (κ1) is 11.4. The van der Waals surface area contributed by atoms with Gasteiger partial charge in [-0.1, -0.05) is 6.42 Å². The first-order valence-corrected chi connectivity index (χ1v) is 4.30. The fourth-order valence-corrected chi connectivity index (χ4v) is 1.55. The minimum Gasteiger partial charge on any atom is -0.800 e. The normalized spacial score (nSPS) is 20.7. The summed E-state index contributed by atoms with van der Waals surface area (Å²) in [6.45, 7) is 2.25. The number of piperidine rings is 1. The van der Waals surface area contributed by atoms with Crippen LogP contribution in [0.3, 0.4) is 0 Å². The Hall–Kier alpha value is 1.40. The molecule has 1 nitrogen and oxygen atoms in total. The third-order valence-electron chi connectivity index (χ3n) is 1.69. The maximum Gasteiger partial charge on any atom is 0 e. The molecule has 0 unspecified atom stereocenters. The van der Waals surface area contributed by atoms with Gasteiger partial charge in [-0.2, -0.15) is 0 Å².